The van der Waals surface area contributed by atoms with Gasteiger partial charge in [-0.15, -0.1) is 0 Å². The Balaban J connectivity index is 2.23. The number of hydrogen-bond acceptors (Lipinski definition) is 1. The molecule has 2 rings (SSSR count). The third-order valence-corrected chi connectivity index (χ3v) is 2.68. The molecule has 1 saturated heterocycles. The fourth-order valence-electron chi connectivity index (χ4n) is 1.88. The molecule has 0 amide bonds. The smallest absolute Gasteiger partial charge is 0.00206 e. The molecule has 0 radical (unpaired) electrons. The summed E-state index contributed by atoms with van der Waals surface area (Å²) in [6.07, 6.45) is 3.17. The molecule has 1 heteroatoms. The van der Waals surface area contributed by atoms with Gasteiger partial charge in [-0.05, 0) is 30.0 Å². The number of nitrogens with one attached hydrogen (secondary N) is 1. The summed E-state index contributed by atoms with van der Waals surface area (Å²) in [5.41, 5.74) is 2.67. The fraction of sp³-hybridized carbons (Fsp3) is 0.333. The van der Waals surface area contributed by atoms with Gasteiger partial charge in [-0.2, -0.15) is 0 Å². The zero-order valence-corrected chi connectivity index (χ0v) is 7.79. The molecule has 1 aromatic rings. The van der Waals surface area contributed by atoms with Crippen LogP contribution in [0.1, 0.15) is 23.5 Å². The van der Waals surface area contributed by atoms with E-state index in [1.54, 1.807) is 0 Å². The molecule has 0 unspecified atom stereocenters. The largest absolute Gasteiger partial charge is 0.316 e. The summed E-state index contributed by atoms with van der Waals surface area (Å²) in [4.78, 5) is 0. The molecule has 0 saturated carbocycles. The Labute approximate surface area is 79.5 Å². The summed E-state index contributed by atoms with van der Waals surface area (Å²) in [6, 6.07) is 8.67. The van der Waals surface area contributed by atoms with Gasteiger partial charge in [0.1, 0.15) is 0 Å². The van der Waals surface area contributed by atoms with Crippen LogP contribution in [0.5, 0.6) is 0 Å². The van der Waals surface area contributed by atoms with Crippen molar-refractivity contribution in [2.45, 2.75) is 12.3 Å². The van der Waals surface area contributed by atoms with Crippen molar-refractivity contribution in [2.75, 3.05) is 13.1 Å². The normalized spacial score (nSPS) is 21.7. The molecular formula is C12H15N. The second-order valence-corrected chi connectivity index (χ2v) is 3.56. The van der Waals surface area contributed by atoms with E-state index in [-0.39, 0.29) is 0 Å². The first-order valence-electron chi connectivity index (χ1n) is 4.83. The van der Waals surface area contributed by atoms with Crippen molar-refractivity contribution in [1.29, 1.82) is 0 Å². The predicted octanol–water partition coefficient (Wildman–Crippen LogP) is 2.41. The third-order valence-electron chi connectivity index (χ3n) is 2.68. The molecule has 0 bridgehead atoms. The Bertz CT molecular complexity index is 298. The Morgan fingerprint density at radius 1 is 1.46 bits per heavy atom. The molecule has 13 heavy (non-hydrogen) atoms. The fourth-order valence-corrected chi connectivity index (χ4v) is 1.88. The van der Waals surface area contributed by atoms with Crippen molar-refractivity contribution in [3.05, 3.63) is 42.0 Å². The molecule has 1 aliphatic rings. The molecule has 1 fully saturated rings. The van der Waals surface area contributed by atoms with E-state index in [1.807, 2.05) is 6.08 Å². The van der Waals surface area contributed by atoms with Gasteiger partial charge in [0, 0.05) is 6.54 Å². The van der Waals surface area contributed by atoms with Gasteiger partial charge in [-0.25, -0.2) is 0 Å². The molecule has 1 aliphatic heterocycles. The first kappa shape index (κ1) is 8.52. The highest BCUT2D eigenvalue weighted by Crippen LogP contribution is 2.23. The van der Waals surface area contributed by atoms with Crippen LogP contribution in [0.25, 0.3) is 6.08 Å². The summed E-state index contributed by atoms with van der Waals surface area (Å²) >= 11 is 0. The van der Waals surface area contributed by atoms with Crippen LogP contribution in [-0.2, 0) is 0 Å². The van der Waals surface area contributed by atoms with Crippen molar-refractivity contribution in [3.63, 3.8) is 0 Å². The second-order valence-electron chi connectivity index (χ2n) is 3.56. The second kappa shape index (κ2) is 3.75. The van der Waals surface area contributed by atoms with E-state index in [9.17, 15) is 0 Å². The van der Waals surface area contributed by atoms with E-state index in [1.165, 1.54) is 17.5 Å². The highest BCUT2D eigenvalue weighted by molar-refractivity contribution is 5.48. The van der Waals surface area contributed by atoms with Gasteiger partial charge >= 0.3 is 0 Å². The quantitative estimate of drug-likeness (QED) is 0.724. The van der Waals surface area contributed by atoms with Gasteiger partial charge in [-0.3, -0.25) is 0 Å². The topological polar surface area (TPSA) is 12.0 Å². The van der Waals surface area contributed by atoms with Crippen LogP contribution in [0, 0.1) is 0 Å². The first-order chi connectivity index (χ1) is 6.40. The van der Waals surface area contributed by atoms with Gasteiger partial charge in [-0.1, -0.05) is 36.9 Å². The lowest BCUT2D eigenvalue weighted by Gasteiger charge is -2.08. The number of hydrogen-bond donors (Lipinski definition) is 1. The highest BCUT2D eigenvalue weighted by Gasteiger charge is 2.15. The SMILES string of the molecule is C=Cc1cccc([C@@H]2CCNC2)c1. The number of benzene rings is 1. The average molecular weight is 173 g/mol. The Morgan fingerprint density at radius 3 is 3.08 bits per heavy atom. The minimum Gasteiger partial charge on any atom is -0.316 e. The highest BCUT2D eigenvalue weighted by atomic mass is 14.9. The van der Waals surface area contributed by atoms with Crippen molar-refractivity contribution in [1.82, 2.24) is 5.32 Å². The lowest BCUT2D eigenvalue weighted by Crippen LogP contribution is -2.07. The molecule has 0 spiro atoms. The molecule has 1 heterocycles. The van der Waals surface area contributed by atoms with Crippen LogP contribution in [-0.4, -0.2) is 13.1 Å². The average Bonchev–Trinajstić information content (AvgIpc) is 2.71. The maximum Gasteiger partial charge on any atom is 0.00206 e. The van der Waals surface area contributed by atoms with Crippen molar-refractivity contribution in [3.8, 4) is 0 Å². The van der Waals surface area contributed by atoms with Crippen LogP contribution in [0.2, 0.25) is 0 Å². The standard InChI is InChI=1S/C12H15N/c1-2-10-4-3-5-11(8-10)12-6-7-13-9-12/h2-5,8,12-13H,1,6-7,9H2/t12-/m1/s1. The van der Waals surface area contributed by atoms with Gasteiger partial charge in [0.2, 0.25) is 0 Å². The maximum absolute atomic E-state index is 3.78. The van der Waals surface area contributed by atoms with E-state index < -0.39 is 0 Å². The molecule has 1 nitrogen and oxygen atoms in total. The van der Waals surface area contributed by atoms with Gasteiger partial charge < -0.3 is 5.32 Å². The maximum atomic E-state index is 3.78. The summed E-state index contributed by atoms with van der Waals surface area (Å²) in [7, 11) is 0. The summed E-state index contributed by atoms with van der Waals surface area (Å²) in [5, 5.41) is 3.38. The molecule has 0 aromatic heterocycles. The third kappa shape index (κ3) is 1.81. The molecule has 68 valence electrons. The van der Waals surface area contributed by atoms with Crippen molar-refractivity contribution >= 4 is 6.08 Å². The minimum absolute atomic E-state index is 0.708. The van der Waals surface area contributed by atoms with Gasteiger partial charge in [0.25, 0.3) is 0 Å². The molecule has 0 aliphatic carbocycles. The van der Waals surface area contributed by atoms with Gasteiger partial charge in [0.05, 0.1) is 0 Å². The van der Waals surface area contributed by atoms with Crippen LogP contribution in [0.4, 0.5) is 0 Å². The van der Waals surface area contributed by atoms with Gasteiger partial charge in [0.15, 0.2) is 0 Å². The summed E-state index contributed by atoms with van der Waals surface area (Å²) in [6.45, 7) is 6.06. The molecule has 1 atom stereocenters. The molecule has 1 aromatic carbocycles. The van der Waals surface area contributed by atoms with E-state index in [0.717, 1.165) is 13.1 Å². The summed E-state index contributed by atoms with van der Waals surface area (Å²) < 4.78 is 0. The molecular weight excluding hydrogens is 158 g/mol. The lowest BCUT2D eigenvalue weighted by atomic mass is 9.97. The van der Waals surface area contributed by atoms with E-state index in [0.29, 0.717) is 5.92 Å². The van der Waals surface area contributed by atoms with E-state index >= 15 is 0 Å². The minimum atomic E-state index is 0.708. The zero-order valence-electron chi connectivity index (χ0n) is 7.79. The monoisotopic (exact) mass is 173 g/mol. The van der Waals surface area contributed by atoms with Crippen LogP contribution in [0.15, 0.2) is 30.8 Å². The first-order valence-corrected chi connectivity index (χ1v) is 4.83. The van der Waals surface area contributed by atoms with Crippen LogP contribution in [0.3, 0.4) is 0 Å². The van der Waals surface area contributed by atoms with E-state index in [4.69, 9.17) is 0 Å². The Kier molecular flexibility index (Phi) is 2.46. The Morgan fingerprint density at radius 2 is 2.38 bits per heavy atom. The predicted molar refractivity (Wildman–Crippen MR) is 56.8 cm³/mol. The summed E-state index contributed by atoms with van der Waals surface area (Å²) in [5.74, 6) is 0.708. The number of rotatable bonds is 2. The molecule has 1 N–H and O–H groups in total. The van der Waals surface area contributed by atoms with Crippen LogP contribution < -0.4 is 5.32 Å². The zero-order chi connectivity index (χ0) is 9.10. The van der Waals surface area contributed by atoms with E-state index in [2.05, 4.69) is 36.2 Å². The lowest BCUT2D eigenvalue weighted by molar-refractivity contribution is 0.763. The van der Waals surface area contributed by atoms with Crippen molar-refractivity contribution in [2.24, 2.45) is 0 Å². The van der Waals surface area contributed by atoms with Crippen molar-refractivity contribution < 1.29 is 0 Å². The Hall–Kier alpha value is -1.08. The van der Waals surface area contributed by atoms with Crippen LogP contribution >= 0.6 is 0 Å².